The molecular formula is C22H28N2OS. The van der Waals surface area contributed by atoms with Crippen molar-refractivity contribution in [2.75, 3.05) is 5.73 Å². The number of aliphatic hydroxyl groups is 1. The van der Waals surface area contributed by atoms with Gasteiger partial charge in [-0.3, -0.25) is 0 Å². The van der Waals surface area contributed by atoms with E-state index in [1.807, 2.05) is 0 Å². The van der Waals surface area contributed by atoms with Crippen molar-refractivity contribution in [1.82, 2.24) is 4.98 Å². The van der Waals surface area contributed by atoms with Gasteiger partial charge in [-0.15, -0.1) is 6.42 Å². The van der Waals surface area contributed by atoms with Gasteiger partial charge in [-0.05, 0) is 73.7 Å². The third-order valence-corrected chi connectivity index (χ3v) is 9.65. The number of nitrogens with zero attached hydrogens (tertiary/aromatic N) is 1. The van der Waals surface area contributed by atoms with E-state index in [1.165, 1.54) is 29.0 Å². The van der Waals surface area contributed by atoms with Crippen LogP contribution in [0.2, 0.25) is 0 Å². The topological polar surface area (TPSA) is 59.1 Å². The van der Waals surface area contributed by atoms with Gasteiger partial charge in [0.25, 0.3) is 0 Å². The average Bonchev–Trinajstić information content (AvgIpc) is 3.12. The standard InChI is InChI=1S/C22H28N2OS/c1-4-22(25)12-8-15-13-5-6-16-18-17(24-19(23)26-18)9-10-20(16,2)14(13)7-11-21(15,22)3/h1,6,13-15,25H,5,7-12H2,2-3H3,(H2,23,24)/t13-,14+,15+,20-,21+,22?/m1/s1. The summed E-state index contributed by atoms with van der Waals surface area (Å²) in [5.41, 5.74) is 7.90. The highest BCUT2D eigenvalue weighted by molar-refractivity contribution is 7.16. The molecule has 2 fully saturated rings. The molecule has 0 aliphatic heterocycles. The van der Waals surface area contributed by atoms with E-state index in [-0.39, 0.29) is 10.8 Å². The maximum Gasteiger partial charge on any atom is 0.180 e. The SMILES string of the molecule is C#CC1(O)CC[C@H]2[C@@H]3CC=C4c5sc(N)nc5CC[C@]4(C)[C@H]3CC[C@@]21C. The number of thiazole rings is 1. The Balaban J connectivity index is 1.57. The molecule has 1 aromatic heterocycles. The first-order valence-corrected chi connectivity index (χ1v) is 10.8. The quantitative estimate of drug-likeness (QED) is 0.672. The monoisotopic (exact) mass is 368 g/mol. The van der Waals surface area contributed by atoms with Crippen molar-refractivity contribution >= 4 is 22.0 Å². The van der Waals surface area contributed by atoms with Crippen molar-refractivity contribution in [1.29, 1.82) is 0 Å². The van der Waals surface area contributed by atoms with Gasteiger partial charge >= 0.3 is 0 Å². The Morgan fingerprint density at radius 1 is 1.27 bits per heavy atom. The lowest BCUT2D eigenvalue weighted by molar-refractivity contribution is -0.0886. The molecule has 0 aromatic carbocycles. The molecule has 4 aliphatic rings. The molecule has 0 spiro atoms. The van der Waals surface area contributed by atoms with Gasteiger partial charge in [-0.2, -0.15) is 0 Å². The fourth-order valence-corrected chi connectivity index (χ4v) is 8.20. The highest BCUT2D eigenvalue weighted by Crippen LogP contribution is 2.68. The molecule has 26 heavy (non-hydrogen) atoms. The molecular weight excluding hydrogens is 340 g/mol. The van der Waals surface area contributed by atoms with E-state index in [4.69, 9.17) is 12.2 Å². The lowest BCUT2D eigenvalue weighted by Crippen LogP contribution is -2.53. The minimum Gasteiger partial charge on any atom is -0.377 e. The van der Waals surface area contributed by atoms with Crippen molar-refractivity contribution in [3.05, 3.63) is 16.6 Å². The zero-order valence-electron chi connectivity index (χ0n) is 15.7. The number of anilines is 1. The van der Waals surface area contributed by atoms with E-state index in [2.05, 4.69) is 30.8 Å². The molecule has 3 N–H and O–H groups in total. The Bertz CT molecular complexity index is 851. The van der Waals surface area contributed by atoms with Crippen LogP contribution < -0.4 is 5.73 Å². The maximum atomic E-state index is 11.1. The van der Waals surface area contributed by atoms with E-state index in [0.717, 1.165) is 32.1 Å². The number of aryl methyl sites for hydroxylation is 1. The molecule has 1 unspecified atom stereocenters. The third-order valence-electron chi connectivity index (χ3n) is 8.69. The van der Waals surface area contributed by atoms with Crippen LogP contribution in [0.5, 0.6) is 0 Å². The number of allylic oxidation sites excluding steroid dienone is 2. The van der Waals surface area contributed by atoms with Crippen LogP contribution in [0.15, 0.2) is 6.08 Å². The minimum absolute atomic E-state index is 0.126. The van der Waals surface area contributed by atoms with Crippen molar-refractivity contribution in [3.63, 3.8) is 0 Å². The summed E-state index contributed by atoms with van der Waals surface area (Å²) in [7, 11) is 0. The van der Waals surface area contributed by atoms with E-state index in [0.29, 0.717) is 22.9 Å². The lowest BCUT2D eigenvalue weighted by Gasteiger charge is -2.57. The molecule has 5 rings (SSSR count). The number of aromatic nitrogens is 1. The van der Waals surface area contributed by atoms with Gasteiger partial charge in [-0.1, -0.05) is 37.2 Å². The molecule has 0 bridgehead atoms. The van der Waals surface area contributed by atoms with E-state index < -0.39 is 5.60 Å². The number of rotatable bonds is 0. The maximum absolute atomic E-state index is 11.1. The Morgan fingerprint density at radius 3 is 2.81 bits per heavy atom. The summed E-state index contributed by atoms with van der Waals surface area (Å²) in [6, 6.07) is 0. The first-order valence-electron chi connectivity index (χ1n) is 9.99. The van der Waals surface area contributed by atoms with Crippen LogP contribution in [0.1, 0.15) is 62.9 Å². The van der Waals surface area contributed by atoms with Gasteiger partial charge in [-0.25, -0.2) is 4.98 Å². The van der Waals surface area contributed by atoms with Crippen LogP contribution >= 0.6 is 11.3 Å². The second-order valence-electron chi connectivity index (χ2n) is 9.48. The highest BCUT2D eigenvalue weighted by atomic mass is 32.1. The first-order chi connectivity index (χ1) is 12.3. The fraction of sp³-hybridized carbons (Fsp3) is 0.682. The molecule has 138 valence electrons. The summed E-state index contributed by atoms with van der Waals surface area (Å²) in [5, 5.41) is 11.8. The van der Waals surface area contributed by atoms with Crippen LogP contribution in [0.4, 0.5) is 5.13 Å². The van der Waals surface area contributed by atoms with Crippen LogP contribution in [0.25, 0.3) is 5.57 Å². The van der Waals surface area contributed by atoms with E-state index in [1.54, 1.807) is 11.3 Å². The number of hydrogen-bond donors (Lipinski definition) is 2. The lowest BCUT2D eigenvalue weighted by atomic mass is 9.47. The summed E-state index contributed by atoms with van der Waals surface area (Å²) in [5.74, 6) is 4.62. The summed E-state index contributed by atoms with van der Waals surface area (Å²) in [6.07, 6.45) is 15.6. The van der Waals surface area contributed by atoms with Gasteiger partial charge in [0.1, 0.15) is 5.60 Å². The van der Waals surface area contributed by atoms with E-state index in [9.17, 15) is 5.11 Å². The number of nitrogens with two attached hydrogens (primary N) is 1. The van der Waals surface area contributed by atoms with Gasteiger partial charge in [0.05, 0.1) is 10.6 Å². The molecule has 1 aromatic rings. The van der Waals surface area contributed by atoms with E-state index >= 15 is 0 Å². The molecule has 0 saturated heterocycles. The van der Waals surface area contributed by atoms with Crippen molar-refractivity contribution in [2.24, 2.45) is 28.6 Å². The number of terminal acetylenes is 1. The minimum atomic E-state index is -0.917. The molecule has 3 nitrogen and oxygen atoms in total. The normalized spacial score (nSPS) is 46.4. The predicted molar refractivity (Wildman–Crippen MR) is 106 cm³/mol. The zero-order chi connectivity index (χ0) is 18.3. The molecule has 0 amide bonds. The Labute approximate surface area is 160 Å². The second kappa shape index (κ2) is 5.14. The summed E-state index contributed by atoms with van der Waals surface area (Å²) < 4.78 is 0. The Morgan fingerprint density at radius 2 is 2.04 bits per heavy atom. The first kappa shape index (κ1) is 16.8. The molecule has 0 radical (unpaired) electrons. The molecule has 4 aliphatic carbocycles. The third kappa shape index (κ3) is 1.86. The van der Waals surface area contributed by atoms with Gasteiger partial charge < -0.3 is 10.8 Å². The van der Waals surface area contributed by atoms with Crippen molar-refractivity contribution in [2.45, 2.75) is 64.4 Å². The summed E-state index contributed by atoms with van der Waals surface area (Å²) in [6.45, 7) is 4.73. The van der Waals surface area contributed by atoms with Crippen LogP contribution in [0.3, 0.4) is 0 Å². The molecule has 6 atom stereocenters. The number of nitrogen functional groups attached to an aromatic ring is 1. The zero-order valence-corrected chi connectivity index (χ0v) is 16.5. The van der Waals surface area contributed by atoms with Gasteiger partial charge in [0, 0.05) is 5.41 Å². The summed E-state index contributed by atoms with van der Waals surface area (Å²) >= 11 is 1.67. The molecule has 4 heteroatoms. The van der Waals surface area contributed by atoms with Crippen LogP contribution in [-0.4, -0.2) is 15.7 Å². The number of hydrogen-bond acceptors (Lipinski definition) is 4. The average molecular weight is 369 g/mol. The van der Waals surface area contributed by atoms with Gasteiger partial charge in [0.15, 0.2) is 5.13 Å². The smallest absolute Gasteiger partial charge is 0.180 e. The largest absolute Gasteiger partial charge is 0.377 e. The fourth-order valence-electron chi connectivity index (χ4n) is 7.15. The van der Waals surface area contributed by atoms with Crippen molar-refractivity contribution < 1.29 is 5.11 Å². The second-order valence-corrected chi connectivity index (χ2v) is 10.5. The number of fused-ring (bicyclic) bond motifs is 7. The predicted octanol–water partition coefficient (Wildman–Crippen LogP) is 4.27. The Hall–Kier alpha value is -1.31. The van der Waals surface area contributed by atoms with Crippen molar-refractivity contribution in [3.8, 4) is 12.3 Å². The Kier molecular flexibility index (Phi) is 3.33. The highest BCUT2D eigenvalue weighted by Gasteiger charge is 2.63. The molecule has 1 heterocycles. The van der Waals surface area contributed by atoms with Crippen LogP contribution in [-0.2, 0) is 6.42 Å². The molecule has 2 saturated carbocycles. The van der Waals surface area contributed by atoms with Gasteiger partial charge in [0.2, 0.25) is 0 Å². The van der Waals surface area contributed by atoms with Crippen LogP contribution in [0, 0.1) is 40.9 Å². The summed E-state index contributed by atoms with van der Waals surface area (Å²) in [4.78, 5) is 5.91.